The second-order valence-electron chi connectivity index (χ2n) is 0. The maximum atomic E-state index is 8.34. The van der Waals surface area contributed by atoms with Crippen LogP contribution >= 0.6 is 0 Å². The van der Waals surface area contributed by atoms with Gasteiger partial charge in [0.25, 0.3) is 0 Å². The fraction of sp³-hybridized carbons (Fsp3) is 0. The molecule has 3 radical (unpaired) electrons. The van der Waals surface area contributed by atoms with Crippen molar-refractivity contribution in [3.05, 3.63) is 0 Å². The molecule has 0 aliphatic carbocycles. The van der Waals surface area contributed by atoms with Crippen LogP contribution in [0.1, 0.15) is 0 Å². The minimum absolute atomic E-state index is 0. The fourth-order valence-electron chi connectivity index (χ4n) is 0. The van der Waals surface area contributed by atoms with Gasteiger partial charge in [-0.05, 0) is 0 Å². The van der Waals surface area contributed by atoms with Crippen molar-refractivity contribution >= 4 is 46.9 Å². The molecule has 0 aliphatic heterocycles. The minimum Gasteiger partial charge on any atom is 0 e. The summed E-state index contributed by atoms with van der Waals surface area (Å²) in [5.41, 5.74) is 0. The first-order chi connectivity index (χ1) is 1.00. The number of hydrogen-bond acceptors (Lipinski definition) is 1. The Kier molecular flexibility index (Phi) is 151. The Balaban J connectivity index is -0.00000000167. The molecule has 0 saturated heterocycles. The second kappa shape index (κ2) is 29.9. The van der Waals surface area contributed by atoms with Gasteiger partial charge >= 0.3 is 49.9 Å². The molecular formula is H3OSbSnVW. The molecule has 0 amide bonds. The molecule has 0 aromatic heterocycles. The van der Waals surface area contributed by atoms with E-state index in [4.69, 9.17) is 3.02 Å². The molecule has 0 unspecified atom stereocenters. The fourth-order valence-corrected chi connectivity index (χ4v) is 0. The molecule has 0 N–H and O–H groups in total. The first-order valence-electron chi connectivity index (χ1n) is 0.204. The molecule has 5 heavy (non-hydrogen) atoms. The molecule has 29 valence electrons. The van der Waals surface area contributed by atoms with Crippen molar-refractivity contribution in [3.63, 3.8) is 0 Å². The minimum atomic E-state index is 0. The SMILES string of the molecule is [O]=[SbH].[SnH2].[V].[W]. The van der Waals surface area contributed by atoms with Crippen molar-refractivity contribution in [2.24, 2.45) is 0 Å². The third-order valence-electron chi connectivity index (χ3n) is 0. The molecule has 0 bridgehead atoms. The van der Waals surface area contributed by atoms with Gasteiger partial charge in [0.05, 0.1) is 0 Å². The maximum absolute atomic E-state index is 8.34. The molecule has 5 heteroatoms. The summed E-state index contributed by atoms with van der Waals surface area (Å²) < 4.78 is 8.34. The Bertz CT molecular complexity index is 11.6. The van der Waals surface area contributed by atoms with E-state index < -0.39 is 0 Å². The van der Waals surface area contributed by atoms with Gasteiger partial charge in [-0.2, -0.15) is 0 Å². The van der Waals surface area contributed by atoms with Gasteiger partial charge in [-0.1, -0.05) is 0 Å². The normalized spacial score (nSPS) is 0.800. The van der Waals surface area contributed by atoms with E-state index in [1.807, 2.05) is 0 Å². The number of rotatable bonds is 0. The van der Waals surface area contributed by atoms with Gasteiger partial charge in [0, 0.05) is 39.6 Å². The zero-order valence-electron chi connectivity index (χ0n) is 2.47. The van der Waals surface area contributed by atoms with Crippen molar-refractivity contribution < 1.29 is 42.6 Å². The van der Waals surface area contributed by atoms with Crippen LogP contribution in [0.15, 0.2) is 0 Å². The molecule has 0 saturated carbocycles. The molecule has 0 aromatic carbocycles. The Morgan fingerprint density at radius 2 is 1.20 bits per heavy atom. The maximum Gasteiger partial charge on any atom is 0 e. The van der Waals surface area contributed by atoms with Crippen LogP contribution in [0.5, 0.6) is 0 Å². The van der Waals surface area contributed by atoms with Crippen LogP contribution in [0.3, 0.4) is 0 Å². The summed E-state index contributed by atoms with van der Waals surface area (Å²) in [7, 11) is 0. The summed E-state index contributed by atoms with van der Waals surface area (Å²) in [5, 5.41) is 0. The van der Waals surface area contributed by atoms with E-state index in [0.29, 0.717) is 23.0 Å². The quantitative estimate of drug-likeness (QED) is 0.368. The Hall–Kier alpha value is 2.69. The van der Waals surface area contributed by atoms with Crippen molar-refractivity contribution in [2.45, 2.75) is 0 Å². The molecule has 0 spiro atoms. The van der Waals surface area contributed by atoms with Crippen LogP contribution in [0.2, 0.25) is 0 Å². The Labute approximate surface area is 88.0 Å². The van der Waals surface area contributed by atoms with Crippen LogP contribution in [0, 0.1) is 0 Å². The zero-order chi connectivity index (χ0) is 2.00. The molecule has 0 heterocycles. The van der Waals surface area contributed by atoms with Crippen LogP contribution in [0.4, 0.5) is 0 Å². The van der Waals surface area contributed by atoms with E-state index in [1.54, 1.807) is 0 Å². The summed E-state index contributed by atoms with van der Waals surface area (Å²) in [5.74, 6) is 0. The van der Waals surface area contributed by atoms with Gasteiger partial charge in [0.15, 0.2) is 0 Å². The smallest absolute Gasteiger partial charge is 0 e. The van der Waals surface area contributed by atoms with Crippen molar-refractivity contribution in [1.29, 1.82) is 0 Å². The van der Waals surface area contributed by atoms with Crippen molar-refractivity contribution in [3.8, 4) is 0 Å². The molecule has 0 atom stereocenters. The first-order valence-corrected chi connectivity index (χ1v) is 1.37. The van der Waals surface area contributed by atoms with E-state index >= 15 is 0 Å². The predicted octanol–water partition coefficient (Wildman–Crippen LogP) is -1.69. The largest absolute Gasteiger partial charge is 0 e. The van der Waals surface area contributed by atoms with Gasteiger partial charge in [-0.3, -0.25) is 0 Å². The Morgan fingerprint density at radius 1 is 1.20 bits per heavy atom. The zero-order valence-corrected chi connectivity index (χ0v) is 13.7. The van der Waals surface area contributed by atoms with Gasteiger partial charge in [0.2, 0.25) is 0 Å². The average molecular weight is 494 g/mol. The van der Waals surface area contributed by atoms with Crippen LogP contribution in [-0.2, 0) is 42.6 Å². The standard InChI is InChI=1S/O.Sb.Sn.V.W.3H. The predicted molar refractivity (Wildman–Crippen MR) is 16.4 cm³/mol. The van der Waals surface area contributed by atoms with Crippen molar-refractivity contribution in [2.75, 3.05) is 0 Å². The van der Waals surface area contributed by atoms with Gasteiger partial charge in [-0.25, -0.2) is 0 Å². The van der Waals surface area contributed by atoms with Gasteiger partial charge < -0.3 is 0 Å². The van der Waals surface area contributed by atoms with Crippen LogP contribution < -0.4 is 0 Å². The molecular weight excluding hydrogens is 491 g/mol. The molecule has 1 nitrogen and oxygen atoms in total. The third-order valence-corrected chi connectivity index (χ3v) is 0. The Morgan fingerprint density at radius 3 is 1.20 bits per heavy atom. The van der Waals surface area contributed by atoms with Gasteiger partial charge in [0.1, 0.15) is 0 Å². The van der Waals surface area contributed by atoms with Gasteiger partial charge in [-0.15, -0.1) is 0 Å². The molecule has 0 aromatic rings. The monoisotopic (exact) mass is 495 g/mol. The molecule has 0 rings (SSSR count). The molecule has 0 aliphatic rings. The summed E-state index contributed by atoms with van der Waals surface area (Å²) in [4.78, 5) is 0. The third kappa shape index (κ3) is 20.3. The topological polar surface area (TPSA) is 17.1 Å². The first kappa shape index (κ1) is 25.3. The van der Waals surface area contributed by atoms with E-state index in [-0.39, 0.29) is 63.5 Å². The summed E-state index contributed by atoms with van der Waals surface area (Å²) in [6, 6.07) is 0. The average Bonchev–Trinajstić information content (AvgIpc) is 1.00. The van der Waals surface area contributed by atoms with E-state index in [9.17, 15) is 0 Å². The van der Waals surface area contributed by atoms with E-state index in [2.05, 4.69) is 0 Å². The second-order valence-corrected chi connectivity index (χ2v) is 0. The summed E-state index contributed by atoms with van der Waals surface area (Å²) >= 11 is 0.300. The summed E-state index contributed by atoms with van der Waals surface area (Å²) in [6.07, 6.45) is 0. The van der Waals surface area contributed by atoms with E-state index in [0.717, 1.165) is 0 Å². The van der Waals surface area contributed by atoms with Crippen molar-refractivity contribution in [1.82, 2.24) is 0 Å². The van der Waals surface area contributed by atoms with Crippen LogP contribution in [-0.4, -0.2) is 46.9 Å². The molecule has 0 fully saturated rings. The van der Waals surface area contributed by atoms with Crippen LogP contribution in [0.25, 0.3) is 0 Å². The number of hydrogen-bond donors (Lipinski definition) is 0. The summed E-state index contributed by atoms with van der Waals surface area (Å²) in [6.45, 7) is 0. The van der Waals surface area contributed by atoms with E-state index in [1.165, 1.54) is 0 Å².